The van der Waals surface area contributed by atoms with Gasteiger partial charge < -0.3 is 14.8 Å². The highest BCUT2D eigenvalue weighted by Gasteiger charge is 2.22. The Labute approximate surface area is 176 Å². The minimum Gasteiger partial charge on any atom is -0.490 e. The standard InChI is InChI=1S/C20H25ClN2O5S/c1-4-27-18-11-10-15(12-19(18)28-5-2)13-22-20(24)14-23(29(3,25)26)17-9-7-6-8-16(17)21/h6-12H,4-5,13-14H2,1-3H3,(H,22,24). The van der Waals surface area contributed by atoms with Gasteiger partial charge in [-0.3, -0.25) is 9.10 Å². The fourth-order valence-corrected chi connectivity index (χ4v) is 3.78. The molecule has 2 rings (SSSR count). The third-order valence-electron chi connectivity index (χ3n) is 3.91. The first-order chi connectivity index (χ1) is 13.8. The Morgan fingerprint density at radius 1 is 1.07 bits per heavy atom. The lowest BCUT2D eigenvalue weighted by molar-refractivity contribution is -0.119. The average Bonchev–Trinajstić information content (AvgIpc) is 2.66. The van der Waals surface area contributed by atoms with Crippen molar-refractivity contribution in [2.24, 2.45) is 0 Å². The van der Waals surface area contributed by atoms with Crippen LogP contribution in [0.15, 0.2) is 42.5 Å². The zero-order valence-electron chi connectivity index (χ0n) is 16.6. The molecule has 0 aliphatic carbocycles. The van der Waals surface area contributed by atoms with Gasteiger partial charge in [0, 0.05) is 6.54 Å². The SMILES string of the molecule is CCOc1ccc(CNC(=O)CN(c2ccccc2Cl)S(C)(=O)=O)cc1OCC. The second-order valence-electron chi connectivity index (χ2n) is 6.14. The molecule has 1 N–H and O–H groups in total. The molecule has 0 spiro atoms. The molecule has 0 saturated heterocycles. The lowest BCUT2D eigenvalue weighted by Crippen LogP contribution is -2.40. The van der Waals surface area contributed by atoms with E-state index >= 15 is 0 Å². The van der Waals surface area contributed by atoms with E-state index in [9.17, 15) is 13.2 Å². The molecule has 0 aliphatic rings. The van der Waals surface area contributed by atoms with E-state index in [0.29, 0.717) is 24.7 Å². The topological polar surface area (TPSA) is 84.9 Å². The number of carbonyl (C=O) groups excluding carboxylic acids is 1. The van der Waals surface area contributed by atoms with Gasteiger partial charge in [-0.15, -0.1) is 0 Å². The van der Waals surface area contributed by atoms with Gasteiger partial charge in [-0.2, -0.15) is 0 Å². The fourth-order valence-electron chi connectivity index (χ4n) is 2.63. The summed E-state index contributed by atoms with van der Waals surface area (Å²) in [6.07, 6.45) is 1.03. The van der Waals surface area contributed by atoms with E-state index in [0.717, 1.165) is 16.1 Å². The molecule has 0 unspecified atom stereocenters. The van der Waals surface area contributed by atoms with Crippen molar-refractivity contribution in [1.82, 2.24) is 5.32 Å². The number of nitrogens with zero attached hydrogens (tertiary/aromatic N) is 1. The fraction of sp³-hybridized carbons (Fsp3) is 0.350. The van der Waals surface area contributed by atoms with Crippen LogP contribution in [-0.2, 0) is 21.4 Å². The van der Waals surface area contributed by atoms with E-state index in [1.165, 1.54) is 0 Å². The van der Waals surface area contributed by atoms with Gasteiger partial charge in [0.15, 0.2) is 11.5 Å². The molecule has 2 aromatic carbocycles. The van der Waals surface area contributed by atoms with Crippen molar-refractivity contribution in [2.45, 2.75) is 20.4 Å². The molecule has 29 heavy (non-hydrogen) atoms. The molecule has 0 aromatic heterocycles. The van der Waals surface area contributed by atoms with Crippen LogP contribution in [0.4, 0.5) is 5.69 Å². The van der Waals surface area contributed by atoms with E-state index in [2.05, 4.69) is 5.32 Å². The molecule has 2 aromatic rings. The number of halogens is 1. The first-order valence-corrected chi connectivity index (χ1v) is 11.4. The smallest absolute Gasteiger partial charge is 0.241 e. The lowest BCUT2D eigenvalue weighted by atomic mass is 10.2. The Kier molecular flexibility index (Phi) is 8.16. The van der Waals surface area contributed by atoms with Crippen LogP contribution in [0.3, 0.4) is 0 Å². The summed E-state index contributed by atoms with van der Waals surface area (Å²) in [7, 11) is -3.69. The van der Waals surface area contributed by atoms with Gasteiger partial charge in [0.25, 0.3) is 0 Å². The third kappa shape index (κ3) is 6.54. The third-order valence-corrected chi connectivity index (χ3v) is 5.35. The number of rotatable bonds is 10. The van der Waals surface area contributed by atoms with E-state index < -0.39 is 15.9 Å². The number of ether oxygens (including phenoxy) is 2. The van der Waals surface area contributed by atoms with Crippen molar-refractivity contribution in [3.8, 4) is 11.5 Å². The van der Waals surface area contributed by atoms with Crippen LogP contribution in [0.5, 0.6) is 11.5 Å². The van der Waals surface area contributed by atoms with Gasteiger partial charge in [-0.25, -0.2) is 8.42 Å². The van der Waals surface area contributed by atoms with Crippen molar-refractivity contribution in [3.05, 3.63) is 53.1 Å². The molecule has 0 radical (unpaired) electrons. The highest BCUT2D eigenvalue weighted by Crippen LogP contribution is 2.29. The maximum atomic E-state index is 12.4. The van der Waals surface area contributed by atoms with E-state index in [-0.39, 0.29) is 23.8 Å². The van der Waals surface area contributed by atoms with Crippen molar-refractivity contribution in [2.75, 3.05) is 30.3 Å². The number of sulfonamides is 1. The summed E-state index contributed by atoms with van der Waals surface area (Å²) in [6, 6.07) is 11.9. The minimum atomic E-state index is -3.69. The van der Waals surface area contributed by atoms with Crippen molar-refractivity contribution in [3.63, 3.8) is 0 Å². The number of nitrogens with one attached hydrogen (secondary N) is 1. The second-order valence-corrected chi connectivity index (χ2v) is 8.46. The molecule has 158 valence electrons. The van der Waals surface area contributed by atoms with Gasteiger partial charge in [0.1, 0.15) is 6.54 Å². The van der Waals surface area contributed by atoms with Gasteiger partial charge >= 0.3 is 0 Å². The van der Waals surface area contributed by atoms with Gasteiger partial charge in [0.05, 0.1) is 30.2 Å². The molecule has 0 bridgehead atoms. The first-order valence-electron chi connectivity index (χ1n) is 9.13. The molecule has 0 fully saturated rings. The van der Waals surface area contributed by atoms with Gasteiger partial charge in [-0.05, 0) is 43.7 Å². The number of amides is 1. The lowest BCUT2D eigenvalue weighted by Gasteiger charge is -2.22. The molecule has 0 aliphatic heterocycles. The zero-order valence-corrected chi connectivity index (χ0v) is 18.2. The highest BCUT2D eigenvalue weighted by molar-refractivity contribution is 7.92. The van der Waals surface area contributed by atoms with E-state index in [1.54, 1.807) is 36.4 Å². The molecule has 0 saturated carbocycles. The molecule has 0 heterocycles. The maximum absolute atomic E-state index is 12.4. The quantitative estimate of drug-likeness (QED) is 0.613. The molecule has 7 nitrogen and oxygen atoms in total. The maximum Gasteiger partial charge on any atom is 0.241 e. The summed E-state index contributed by atoms with van der Waals surface area (Å²) in [5, 5.41) is 2.98. The normalized spacial score (nSPS) is 11.0. The molecular formula is C20H25ClN2O5S. The predicted molar refractivity (Wildman–Crippen MR) is 114 cm³/mol. The second kappa shape index (κ2) is 10.4. The van der Waals surface area contributed by atoms with Crippen molar-refractivity contribution in [1.29, 1.82) is 0 Å². The van der Waals surface area contributed by atoms with Gasteiger partial charge in [0.2, 0.25) is 15.9 Å². The first kappa shape index (κ1) is 22.8. The Morgan fingerprint density at radius 3 is 2.34 bits per heavy atom. The minimum absolute atomic E-state index is 0.214. The van der Waals surface area contributed by atoms with Crippen molar-refractivity contribution >= 4 is 33.2 Å². The van der Waals surface area contributed by atoms with Crippen LogP contribution in [0.25, 0.3) is 0 Å². The Hall–Kier alpha value is -2.45. The summed E-state index contributed by atoms with van der Waals surface area (Å²) in [4.78, 5) is 12.4. The highest BCUT2D eigenvalue weighted by atomic mass is 35.5. The number of para-hydroxylation sites is 1. The Bertz CT molecular complexity index is 950. The average molecular weight is 441 g/mol. The number of carbonyl (C=O) groups is 1. The van der Waals surface area contributed by atoms with Crippen LogP contribution in [-0.4, -0.2) is 40.3 Å². The number of benzene rings is 2. The van der Waals surface area contributed by atoms with Crippen LogP contribution >= 0.6 is 11.6 Å². The Morgan fingerprint density at radius 2 is 1.72 bits per heavy atom. The zero-order chi connectivity index (χ0) is 21.4. The van der Waals surface area contributed by atoms with Crippen molar-refractivity contribution < 1.29 is 22.7 Å². The summed E-state index contributed by atoms with van der Waals surface area (Å²) in [6.45, 7) is 4.59. The predicted octanol–water partition coefficient (Wildman–Crippen LogP) is 3.22. The van der Waals surface area contributed by atoms with Crippen LogP contribution in [0.2, 0.25) is 5.02 Å². The summed E-state index contributed by atoms with van der Waals surface area (Å²) in [5.74, 6) is 0.767. The molecular weight excluding hydrogens is 416 g/mol. The van der Waals surface area contributed by atoms with Crippen LogP contribution in [0.1, 0.15) is 19.4 Å². The summed E-state index contributed by atoms with van der Waals surface area (Å²) in [5.41, 5.74) is 1.06. The van der Waals surface area contributed by atoms with E-state index in [4.69, 9.17) is 21.1 Å². The summed E-state index contributed by atoms with van der Waals surface area (Å²) >= 11 is 6.11. The molecule has 1 amide bonds. The number of anilines is 1. The van der Waals surface area contributed by atoms with Crippen LogP contribution < -0.4 is 19.1 Å². The molecule has 0 atom stereocenters. The Balaban J connectivity index is 2.10. The van der Waals surface area contributed by atoms with Gasteiger partial charge in [-0.1, -0.05) is 29.8 Å². The largest absolute Gasteiger partial charge is 0.490 e. The molecule has 9 heteroatoms. The van der Waals surface area contributed by atoms with Crippen LogP contribution in [0, 0.1) is 0 Å². The summed E-state index contributed by atoms with van der Waals surface area (Å²) < 4.78 is 36.4. The number of hydrogen-bond acceptors (Lipinski definition) is 5. The number of hydrogen-bond donors (Lipinski definition) is 1. The van der Waals surface area contributed by atoms with E-state index in [1.807, 2.05) is 19.9 Å². The monoisotopic (exact) mass is 440 g/mol.